The lowest BCUT2D eigenvalue weighted by molar-refractivity contribution is 1.20. The van der Waals surface area contributed by atoms with Crippen molar-refractivity contribution in [2.24, 2.45) is 0 Å². The van der Waals surface area contributed by atoms with E-state index in [1.54, 1.807) is 0 Å². The highest BCUT2D eigenvalue weighted by molar-refractivity contribution is 7.20. The molecule has 0 nitrogen and oxygen atoms in total. The fourth-order valence-corrected chi connectivity index (χ4v) is 8.81. The lowest BCUT2D eigenvalue weighted by Crippen LogP contribution is -2.24. The zero-order valence-electron chi connectivity index (χ0n) is 8.45. The molecule has 80 valence electrons. The minimum atomic E-state index is -1.35. The van der Waals surface area contributed by atoms with Gasteiger partial charge in [0.1, 0.15) is 4.84 Å². The van der Waals surface area contributed by atoms with Gasteiger partial charge < -0.3 is 0 Å². The van der Waals surface area contributed by atoms with Crippen molar-refractivity contribution in [1.82, 2.24) is 0 Å². The van der Waals surface area contributed by atoms with Gasteiger partial charge in [0.05, 0.1) is 0 Å². The molecule has 0 aromatic heterocycles. The molecule has 0 bridgehead atoms. The van der Waals surface area contributed by atoms with Gasteiger partial charge in [0, 0.05) is 9.52 Å². The number of rotatable bonds is 7. The van der Waals surface area contributed by atoms with Crippen molar-refractivity contribution in [1.29, 1.82) is 0 Å². The molecule has 0 aromatic carbocycles. The van der Waals surface area contributed by atoms with Crippen LogP contribution in [0.3, 0.4) is 0 Å². The number of alkyl halides is 2. The van der Waals surface area contributed by atoms with Gasteiger partial charge in [-0.3, -0.25) is 0 Å². The highest BCUT2D eigenvalue weighted by Gasteiger charge is 2.25. The molecule has 0 N–H and O–H groups in total. The molecule has 0 spiro atoms. The van der Waals surface area contributed by atoms with Gasteiger partial charge in [0.2, 0.25) is 0 Å². The average molecular weight is 278 g/mol. The topological polar surface area (TPSA) is 0 Å². The number of halogens is 3. The van der Waals surface area contributed by atoms with Crippen LogP contribution in [-0.4, -0.2) is 21.7 Å². The molecule has 0 aliphatic heterocycles. The molecule has 0 rings (SSSR count). The van der Waals surface area contributed by atoms with E-state index >= 15 is 0 Å². The van der Waals surface area contributed by atoms with E-state index in [2.05, 4.69) is 13.8 Å². The summed E-state index contributed by atoms with van der Waals surface area (Å²) in [5.41, 5.74) is 0. The Kier molecular flexibility index (Phi) is 8.34. The van der Waals surface area contributed by atoms with Gasteiger partial charge in [-0.1, -0.05) is 19.9 Å². The maximum Gasteiger partial charge on any atom is 0.155 e. The van der Waals surface area contributed by atoms with Gasteiger partial charge >= 0.3 is 0 Å². The van der Waals surface area contributed by atoms with Crippen LogP contribution in [0.1, 0.15) is 13.8 Å². The molecular weight excluding hydrogens is 259 g/mol. The van der Waals surface area contributed by atoms with Crippen LogP contribution >= 0.6 is 34.3 Å². The molecule has 0 saturated heterocycles. The number of hydrogen-bond acceptors (Lipinski definition) is 0. The van der Waals surface area contributed by atoms with Crippen LogP contribution in [0.4, 0.5) is 0 Å². The Morgan fingerprint density at radius 2 is 1.77 bits per heavy atom. The summed E-state index contributed by atoms with van der Waals surface area (Å²) < 4.78 is 0. The highest BCUT2D eigenvalue weighted by Crippen LogP contribution is 2.26. The Balaban J connectivity index is 3.50. The maximum absolute atomic E-state index is 6.52. The molecular formula is C8H19Cl3Si2. The number of hydrogen-bond donors (Lipinski definition) is 0. The fraction of sp³-hybridized carbons (Fsp3) is 1.00. The van der Waals surface area contributed by atoms with Crippen LogP contribution in [0.15, 0.2) is 0 Å². The molecule has 5 heteroatoms. The van der Waals surface area contributed by atoms with Gasteiger partial charge in [-0.2, -0.15) is 11.1 Å². The van der Waals surface area contributed by atoms with E-state index in [1.807, 2.05) is 0 Å². The van der Waals surface area contributed by atoms with Crippen molar-refractivity contribution < 1.29 is 0 Å². The first kappa shape index (κ1) is 14.3. The van der Waals surface area contributed by atoms with Gasteiger partial charge in [0.15, 0.2) is 7.38 Å². The Morgan fingerprint density at radius 1 is 1.23 bits per heavy atom. The summed E-state index contributed by atoms with van der Waals surface area (Å²) in [7, 11) is -1.40. The van der Waals surface area contributed by atoms with E-state index in [0.29, 0.717) is 0 Å². The SMILES string of the molecule is CC[Si](Cl)(CC)CC[SiH2]CC(Cl)Cl. The zero-order valence-corrected chi connectivity index (χ0v) is 13.1. The molecule has 0 fully saturated rings. The van der Waals surface area contributed by atoms with Gasteiger partial charge in [-0.15, -0.1) is 23.2 Å². The molecule has 0 saturated carbocycles. The molecule has 0 unspecified atom stereocenters. The summed E-state index contributed by atoms with van der Waals surface area (Å²) in [5, 5.41) is 0. The predicted octanol–water partition coefficient (Wildman–Crippen LogP) is 4.02. The van der Waals surface area contributed by atoms with E-state index < -0.39 is 7.38 Å². The van der Waals surface area contributed by atoms with Crippen LogP contribution in [0, 0.1) is 0 Å². The Hall–Kier alpha value is 1.30. The van der Waals surface area contributed by atoms with E-state index in [0.717, 1.165) is 6.04 Å². The minimum Gasteiger partial charge on any atom is -0.167 e. The Bertz CT molecular complexity index is 127. The standard InChI is InChI=1S/C8H19Cl3Si2/c1-3-13(11,4-2)6-5-12-7-8(9)10/h8H,3-7,12H2,1-2H3. The first-order valence-corrected chi connectivity index (χ1v) is 11.5. The summed E-state index contributed by atoms with van der Waals surface area (Å²) in [6.45, 7) is 4.44. The lowest BCUT2D eigenvalue weighted by atomic mass is 10.9. The van der Waals surface area contributed by atoms with Crippen LogP contribution < -0.4 is 0 Å². The Morgan fingerprint density at radius 3 is 2.15 bits per heavy atom. The van der Waals surface area contributed by atoms with E-state index in [1.165, 1.54) is 24.2 Å². The van der Waals surface area contributed by atoms with E-state index in [4.69, 9.17) is 34.3 Å². The first-order valence-electron chi connectivity index (χ1n) is 5.01. The van der Waals surface area contributed by atoms with Crippen LogP contribution in [0.2, 0.25) is 30.2 Å². The molecule has 0 aromatic rings. The first-order chi connectivity index (χ1) is 6.04. The van der Waals surface area contributed by atoms with E-state index in [-0.39, 0.29) is 14.4 Å². The van der Waals surface area contributed by atoms with Crippen LogP contribution in [-0.2, 0) is 0 Å². The van der Waals surface area contributed by atoms with Gasteiger partial charge in [0.25, 0.3) is 0 Å². The van der Waals surface area contributed by atoms with Crippen molar-refractivity contribution >= 4 is 51.2 Å². The largest absolute Gasteiger partial charge is 0.167 e. The maximum atomic E-state index is 6.52. The lowest BCUT2D eigenvalue weighted by Gasteiger charge is -2.20. The minimum absolute atomic E-state index is 0.0482. The van der Waals surface area contributed by atoms with Crippen molar-refractivity contribution in [2.75, 3.05) is 0 Å². The molecule has 0 amide bonds. The average Bonchev–Trinajstić information content (AvgIpc) is 2.12. The quantitative estimate of drug-likeness (QED) is 0.285. The van der Waals surface area contributed by atoms with Crippen LogP contribution in [0.25, 0.3) is 0 Å². The normalized spacial score (nSPS) is 13.4. The van der Waals surface area contributed by atoms with Crippen LogP contribution in [0.5, 0.6) is 0 Å². The third-order valence-electron chi connectivity index (χ3n) is 2.56. The highest BCUT2D eigenvalue weighted by atomic mass is 35.6. The van der Waals surface area contributed by atoms with Crippen molar-refractivity contribution in [3.63, 3.8) is 0 Å². The second-order valence-electron chi connectivity index (χ2n) is 3.49. The molecule has 0 atom stereocenters. The van der Waals surface area contributed by atoms with Crippen molar-refractivity contribution in [3.8, 4) is 0 Å². The second kappa shape index (κ2) is 7.58. The summed E-state index contributed by atoms with van der Waals surface area (Å²) in [5.74, 6) is 0. The smallest absolute Gasteiger partial charge is 0.155 e. The fourth-order valence-electron chi connectivity index (χ4n) is 1.34. The third-order valence-corrected chi connectivity index (χ3v) is 12.2. The molecule has 0 heterocycles. The van der Waals surface area contributed by atoms with E-state index in [9.17, 15) is 0 Å². The summed E-state index contributed by atoms with van der Waals surface area (Å²) in [6, 6.07) is 6.04. The molecule has 0 radical (unpaired) electrons. The Labute approximate surface area is 99.9 Å². The van der Waals surface area contributed by atoms with Crippen molar-refractivity contribution in [3.05, 3.63) is 0 Å². The molecule has 0 aliphatic carbocycles. The summed E-state index contributed by atoms with van der Waals surface area (Å²) in [4.78, 5) is -0.138. The second-order valence-corrected chi connectivity index (χ2v) is 13.4. The third kappa shape index (κ3) is 7.26. The monoisotopic (exact) mass is 276 g/mol. The zero-order chi connectivity index (χ0) is 10.3. The summed E-state index contributed by atoms with van der Waals surface area (Å²) in [6.07, 6.45) is 0. The van der Waals surface area contributed by atoms with Gasteiger partial charge in [-0.25, -0.2) is 0 Å². The summed E-state index contributed by atoms with van der Waals surface area (Å²) >= 11 is 17.9. The predicted molar refractivity (Wildman–Crippen MR) is 71.0 cm³/mol. The van der Waals surface area contributed by atoms with Gasteiger partial charge in [-0.05, 0) is 24.2 Å². The molecule has 13 heavy (non-hydrogen) atoms. The molecule has 0 aliphatic rings. The van der Waals surface area contributed by atoms with Crippen molar-refractivity contribution in [2.45, 2.75) is 48.9 Å².